The lowest BCUT2D eigenvalue weighted by Gasteiger charge is -2.18. The molecule has 0 unspecified atom stereocenters. The summed E-state index contributed by atoms with van der Waals surface area (Å²) in [7, 11) is -3.23. The molecular weight excluding hydrogens is 302 g/mol. The summed E-state index contributed by atoms with van der Waals surface area (Å²) in [6, 6.07) is 7.58. The van der Waals surface area contributed by atoms with Crippen molar-refractivity contribution in [2.24, 2.45) is 5.41 Å². The summed E-state index contributed by atoms with van der Waals surface area (Å²) in [5.41, 5.74) is 0.699. The van der Waals surface area contributed by atoms with Gasteiger partial charge in [-0.2, -0.15) is 0 Å². The van der Waals surface area contributed by atoms with Crippen molar-refractivity contribution in [3.63, 3.8) is 0 Å². The van der Waals surface area contributed by atoms with E-state index in [1.807, 2.05) is 45.0 Å². The lowest BCUT2D eigenvalue weighted by Crippen LogP contribution is -2.32. The molecule has 0 saturated carbocycles. The maximum Gasteiger partial charge on any atom is 0.212 e. The number of rotatable bonds is 4. The second-order valence-electron chi connectivity index (χ2n) is 5.23. The van der Waals surface area contributed by atoms with Crippen LogP contribution in [0.5, 0.6) is 0 Å². The smallest absolute Gasteiger partial charge is 0.212 e. The summed E-state index contributed by atoms with van der Waals surface area (Å²) < 4.78 is 27.1. The predicted molar refractivity (Wildman–Crippen MR) is 74.2 cm³/mol. The zero-order valence-electron chi connectivity index (χ0n) is 10.3. The first kappa shape index (κ1) is 14.7. The maximum absolute atomic E-state index is 11.8. The highest BCUT2D eigenvalue weighted by molar-refractivity contribution is 9.10. The number of halogens is 1. The van der Waals surface area contributed by atoms with Crippen LogP contribution in [-0.4, -0.2) is 14.2 Å². The second kappa shape index (κ2) is 5.50. The van der Waals surface area contributed by atoms with Crippen molar-refractivity contribution in [2.45, 2.75) is 27.3 Å². The summed E-state index contributed by atoms with van der Waals surface area (Å²) in [4.78, 5) is 0. The zero-order chi connectivity index (χ0) is 13.1. The van der Waals surface area contributed by atoms with Crippen molar-refractivity contribution < 1.29 is 8.42 Å². The summed E-state index contributed by atoms with van der Waals surface area (Å²) in [5, 5.41) is 0. The molecule has 1 aromatic carbocycles. The lowest BCUT2D eigenvalue weighted by molar-refractivity contribution is 0.458. The van der Waals surface area contributed by atoms with Crippen molar-refractivity contribution in [2.75, 3.05) is 5.75 Å². The van der Waals surface area contributed by atoms with Crippen LogP contribution in [0.15, 0.2) is 28.7 Å². The molecule has 96 valence electrons. The molecule has 1 aromatic rings. The Morgan fingerprint density at radius 3 is 2.35 bits per heavy atom. The molecule has 0 bridgehead atoms. The fraction of sp³-hybridized carbons (Fsp3) is 0.500. The highest BCUT2D eigenvalue weighted by Crippen LogP contribution is 2.18. The third-order valence-electron chi connectivity index (χ3n) is 2.06. The quantitative estimate of drug-likeness (QED) is 0.927. The molecule has 0 amide bonds. The summed E-state index contributed by atoms with van der Waals surface area (Å²) in [6.07, 6.45) is 0. The second-order valence-corrected chi connectivity index (χ2v) is 7.89. The minimum absolute atomic E-state index is 0.129. The predicted octanol–water partition coefficient (Wildman–Crippen LogP) is 2.91. The summed E-state index contributed by atoms with van der Waals surface area (Å²) >= 11 is 3.39. The Morgan fingerprint density at radius 1 is 1.24 bits per heavy atom. The van der Waals surface area contributed by atoms with Crippen LogP contribution >= 0.6 is 15.9 Å². The largest absolute Gasteiger partial charge is 0.212 e. The first-order valence-electron chi connectivity index (χ1n) is 5.40. The Bertz CT molecular complexity index is 478. The monoisotopic (exact) mass is 319 g/mol. The van der Waals surface area contributed by atoms with Gasteiger partial charge in [-0.25, -0.2) is 13.1 Å². The van der Waals surface area contributed by atoms with Crippen LogP contribution in [-0.2, 0) is 16.6 Å². The van der Waals surface area contributed by atoms with Gasteiger partial charge in [-0.1, -0.05) is 54.9 Å². The fourth-order valence-corrected chi connectivity index (χ4v) is 3.49. The number of benzene rings is 1. The molecule has 0 fully saturated rings. The fourth-order valence-electron chi connectivity index (χ4n) is 1.45. The number of hydrogen-bond donors (Lipinski definition) is 1. The van der Waals surface area contributed by atoms with Crippen LogP contribution in [0.3, 0.4) is 0 Å². The van der Waals surface area contributed by atoms with Crippen LogP contribution in [0, 0.1) is 5.41 Å². The van der Waals surface area contributed by atoms with Gasteiger partial charge in [-0.15, -0.1) is 0 Å². The number of sulfonamides is 1. The van der Waals surface area contributed by atoms with Gasteiger partial charge in [0.1, 0.15) is 0 Å². The minimum atomic E-state index is -3.23. The standard InChI is InChI=1S/C12H18BrNO2S/c1-12(2,3)9-17(15,16)14-8-10-6-4-5-7-11(10)13/h4-7,14H,8-9H2,1-3H3. The Kier molecular flexibility index (Phi) is 4.75. The van der Waals surface area contributed by atoms with E-state index in [0.29, 0.717) is 6.54 Å². The molecule has 0 aliphatic rings. The number of hydrogen-bond acceptors (Lipinski definition) is 2. The lowest BCUT2D eigenvalue weighted by atomic mass is 10.0. The number of nitrogens with one attached hydrogen (secondary N) is 1. The molecule has 3 nitrogen and oxygen atoms in total. The van der Waals surface area contributed by atoms with E-state index in [9.17, 15) is 8.42 Å². The Hall–Kier alpha value is -0.390. The maximum atomic E-state index is 11.8. The molecule has 0 aliphatic carbocycles. The molecule has 0 atom stereocenters. The molecule has 1 rings (SSSR count). The Morgan fingerprint density at radius 2 is 1.82 bits per heavy atom. The molecule has 0 aromatic heterocycles. The third-order valence-corrected chi connectivity index (χ3v) is 4.67. The Labute approximate surface area is 112 Å². The molecular formula is C12H18BrNO2S. The normalized spacial score (nSPS) is 12.7. The van der Waals surface area contributed by atoms with Gasteiger partial charge in [0.2, 0.25) is 10.0 Å². The van der Waals surface area contributed by atoms with Gasteiger partial charge in [0.25, 0.3) is 0 Å². The van der Waals surface area contributed by atoms with Gasteiger partial charge in [-0.05, 0) is 17.0 Å². The van der Waals surface area contributed by atoms with E-state index >= 15 is 0 Å². The first-order valence-corrected chi connectivity index (χ1v) is 7.85. The van der Waals surface area contributed by atoms with Crippen LogP contribution in [0.1, 0.15) is 26.3 Å². The highest BCUT2D eigenvalue weighted by Gasteiger charge is 2.21. The van der Waals surface area contributed by atoms with Crippen molar-refractivity contribution in [1.82, 2.24) is 4.72 Å². The van der Waals surface area contributed by atoms with Gasteiger partial charge in [0.05, 0.1) is 5.75 Å². The molecule has 5 heteroatoms. The first-order chi connectivity index (χ1) is 7.70. The average Bonchev–Trinajstić information content (AvgIpc) is 2.13. The van der Waals surface area contributed by atoms with Crippen molar-refractivity contribution in [3.05, 3.63) is 34.3 Å². The molecule has 0 spiro atoms. The topological polar surface area (TPSA) is 46.2 Å². The zero-order valence-corrected chi connectivity index (χ0v) is 12.7. The Balaban J connectivity index is 2.66. The molecule has 0 radical (unpaired) electrons. The van der Waals surface area contributed by atoms with Crippen molar-refractivity contribution in [1.29, 1.82) is 0 Å². The van der Waals surface area contributed by atoms with E-state index in [-0.39, 0.29) is 11.2 Å². The van der Waals surface area contributed by atoms with Crippen molar-refractivity contribution in [3.8, 4) is 0 Å². The molecule has 1 N–H and O–H groups in total. The minimum Gasteiger partial charge on any atom is -0.212 e. The van der Waals surface area contributed by atoms with E-state index in [4.69, 9.17) is 0 Å². The molecule has 0 heterocycles. The molecule has 17 heavy (non-hydrogen) atoms. The molecule has 0 aliphatic heterocycles. The van der Waals surface area contributed by atoms with Crippen LogP contribution in [0.4, 0.5) is 0 Å². The van der Waals surface area contributed by atoms with Crippen LogP contribution in [0.2, 0.25) is 0 Å². The van der Waals surface area contributed by atoms with Gasteiger partial charge >= 0.3 is 0 Å². The van der Waals surface area contributed by atoms with Gasteiger partial charge < -0.3 is 0 Å². The average molecular weight is 320 g/mol. The van der Waals surface area contributed by atoms with E-state index in [1.165, 1.54) is 0 Å². The van der Waals surface area contributed by atoms with Crippen molar-refractivity contribution >= 4 is 26.0 Å². The van der Waals surface area contributed by atoms with E-state index in [0.717, 1.165) is 10.0 Å². The SMILES string of the molecule is CC(C)(C)CS(=O)(=O)NCc1ccccc1Br. The van der Waals surface area contributed by atoms with Gasteiger partial charge in [-0.3, -0.25) is 0 Å². The third kappa shape index (κ3) is 5.66. The van der Waals surface area contributed by atoms with E-state index in [2.05, 4.69) is 20.7 Å². The van der Waals surface area contributed by atoms with Crippen LogP contribution in [0.25, 0.3) is 0 Å². The summed E-state index contributed by atoms with van der Waals surface area (Å²) in [6.45, 7) is 6.04. The van der Waals surface area contributed by atoms with Gasteiger partial charge in [0, 0.05) is 11.0 Å². The van der Waals surface area contributed by atoms with E-state index in [1.54, 1.807) is 0 Å². The van der Waals surface area contributed by atoms with Crippen LogP contribution < -0.4 is 4.72 Å². The summed E-state index contributed by atoms with van der Waals surface area (Å²) in [5.74, 6) is 0.129. The van der Waals surface area contributed by atoms with Gasteiger partial charge in [0.15, 0.2) is 0 Å². The van der Waals surface area contributed by atoms with E-state index < -0.39 is 10.0 Å². The molecule has 0 saturated heterocycles. The highest BCUT2D eigenvalue weighted by atomic mass is 79.9.